The molecule has 1 aromatic carbocycles. The van der Waals surface area contributed by atoms with E-state index in [2.05, 4.69) is 74.3 Å². The predicted octanol–water partition coefficient (Wildman–Crippen LogP) is 8.14. The van der Waals surface area contributed by atoms with Gasteiger partial charge in [0.2, 0.25) is 10.0 Å². The molecule has 1 aromatic rings. The SMILES string of the molecule is C=CC[C@@H](CO[Si](C)(C)C(C)(C)C)N(C(C)C)S(=O)(=O)c1ccc([C@@H](C)O[Si](C)(C)C(C)(C)C)cc1. The van der Waals surface area contributed by atoms with E-state index in [0.717, 1.165) is 5.56 Å². The minimum Gasteiger partial charge on any atom is -0.415 e. The molecule has 2 atom stereocenters. The highest BCUT2D eigenvalue weighted by Gasteiger charge is 2.41. The number of nitrogens with zero attached hydrogens (tertiary/aromatic N) is 1. The highest BCUT2D eigenvalue weighted by atomic mass is 32.2. The first-order chi connectivity index (χ1) is 16.1. The maximum absolute atomic E-state index is 13.9. The molecule has 0 amide bonds. The third kappa shape index (κ3) is 8.11. The second-order valence-corrected chi connectivity index (χ2v) is 24.7. The summed E-state index contributed by atoms with van der Waals surface area (Å²) in [6, 6.07) is 6.66. The quantitative estimate of drug-likeness (QED) is 0.193. The van der Waals surface area contributed by atoms with Crippen molar-refractivity contribution in [2.75, 3.05) is 6.61 Å². The zero-order valence-electron chi connectivity index (χ0n) is 25.2. The molecule has 0 saturated heterocycles. The zero-order valence-corrected chi connectivity index (χ0v) is 28.0. The normalized spacial score (nSPS) is 15.9. The van der Waals surface area contributed by atoms with E-state index in [-0.39, 0.29) is 28.3 Å². The van der Waals surface area contributed by atoms with Gasteiger partial charge >= 0.3 is 0 Å². The van der Waals surface area contributed by atoms with Crippen LogP contribution in [0.5, 0.6) is 0 Å². The first-order valence-corrected chi connectivity index (χ1v) is 20.4. The van der Waals surface area contributed by atoms with Crippen LogP contribution in [0.2, 0.25) is 36.3 Å². The summed E-state index contributed by atoms with van der Waals surface area (Å²) in [6.07, 6.45) is 2.21. The number of hydrogen-bond donors (Lipinski definition) is 0. The van der Waals surface area contributed by atoms with E-state index in [9.17, 15) is 8.42 Å². The van der Waals surface area contributed by atoms with Crippen LogP contribution in [-0.4, -0.2) is 48.0 Å². The Bertz CT molecular complexity index is 959. The number of sulfonamides is 1. The van der Waals surface area contributed by atoms with Crippen LogP contribution in [-0.2, 0) is 18.9 Å². The summed E-state index contributed by atoms with van der Waals surface area (Å²) in [4.78, 5) is 0.292. The number of benzene rings is 1. The molecule has 0 heterocycles. The Balaban J connectivity index is 3.26. The van der Waals surface area contributed by atoms with Gasteiger partial charge in [-0.3, -0.25) is 0 Å². The first kappa shape index (κ1) is 33.3. The Kier molecular flexibility index (Phi) is 11.0. The summed E-state index contributed by atoms with van der Waals surface area (Å²) < 4.78 is 42.3. The van der Waals surface area contributed by atoms with Crippen LogP contribution in [0.25, 0.3) is 0 Å². The van der Waals surface area contributed by atoms with Crippen molar-refractivity contribution in [3.63, 3.8) is 0 Å². The Morgan fingerprint density at radius 1 is 0.917 bits per heavy atom. The zero-order chi connectivity index (χ0) is 28.3. The molecular formula is C28H53NO4SSi2. The van der Waals surface area contributed by atoms with Gasteiger partial charge in [-0.05, 0) is 81.2 Å². The highest BCUT2D eigenvalue weighted by molar-refractivity contribution is 7.89. The number of rotatable bonds is 12. The first-order valence-electron chi connectivity index (χ1n) is 13.1. The molecule has 0 saturated carbocycles. The molecule has 0 aliphatic rings. The van der Waals surface area contributed by atoms with Gasteiger partial charge in [-0.2, -0.15) is 4.31 Å². The van der Waals surface area contributed by atoms with Crippen LogP contribution >= 0.6 is 0 Å². The van der Waals surface area contributed by atoms with Gasteiger partial charge in [-0.1, -0.05) is 59.8 Å². The molecule has 36 heavy (non-hydrogen) atoms. The molecule has 5 nitrogen and oxygen atoms in total. The highest BCUT2D eigenvalue weighted by Crippen LogP contribution is 2.40. The van der Waals surface area contributed by atoms with Crippen molar-refractivity contribution in [2.45, 2.75) is 128 Å². The topological polar surface area (TPSA) is 55.8 Å². The van der Waals surface area contributed by atoms with Gasteiger partial charge in [-0.25, -0.2) is 8.42 Å². The second kappa shape index (κ2) is 12.0. The molecule has 0 fully saturated rings. The van der Waals surface area contributed by atoms with Gasteiger partial charge in [0.25, 0.3) is 0 Å². The van der Waals surface area contributed by atoms with Crippen LogP contribution in [0.4, 0.5) is 0 Å². The van der Waals surface area contributed by atoms with Gasteiger partial charge in [0, 0.05) is 6.04 Å². The molecule has 0 bridgehead atoms. The fraction of sp³-hybridized carbons (Fsp3) is 0.714. The summed E-state index contributed by atoms with van der Waals surface area (Å²) in [7, 11) is -7.72. The van der Waals surface area contributed by atoms with E-state index in [0.29, 0.717) is 17.9 Å². The predicted molar refractivity (Wildman–Crippen MR) is 159 cm³/mol. The fourth-order valence-electron chi connectivity index (χ4n) is 3.57. The summed E-state index contributed by atoms with van der Waals surface area (Å²) >= 11 is 0. The Morgan fingerprint density at radius 3 is 1.78 bits per heavy atom. The average Bonchev–Trinajstić information content (AvgIpc) is 2.70. The van der Waals surface area contributed by atoms with E-state index in [1.807, 2.05) is 32.9 Å². The molecule has 0 N–H and O–H groups in total. The third-order valence-electron chi connectivity index (χ3n) is 7.95. The van der Waals surface area contributed by atoms with E-state index < -0.39 is 26.7 Å². The van der Waals surface area contributed by atoms with E-state index >= 15 is 0 Å². The third-order valence-corrected chi connectivity index (χ3v) is 19.2. The van der Waals surface area contributed by atoms with Crippen molar-refractivity contribution in [1.29, 1.82) is 0 Å². The standard InChI is InChI=1S/C28H53NO4SSi2/c1-15-16-25(21-32-35(11,12)27(5,6)7)29(22(2)3)34(30,31)26-19-17-24(18-20-26)23(4)33-36(13,14)28(8,9)10/h15,17-20,22-23,25H,1,16,21H2,2-14H3/t23-,25+/m1/s1. The van der Waals surface area contributed by atoms with E-state index in [1.54, 1.807) is 22.5 Å². The van der Waals surface area contributed by atoms with Gasteiger partial charge < -0.3 is 8.85 Å². The maximum Gasteiger partial charge on any atom is 0.243 e. The minimum absolute atomic E-state index is 0.0479. The Labute approximate surface area is 225 Å². The van der Waals surface area contributed by atoms with Crippen molar-refractivity contribution < 1.29 is 17.3 Å². The van der Waals surface area contributed by atoms with E-state index in [1.165, 1.54) is 0 Å². The van der Waals surface area contributed by atoms with Crippen LogP contribution in [0.1, 0.15) is 80.4 Å². The lowest BCUT2D eigenvalue weighted by molar-refractivity contribution is 0.172. The summed E-state index contributed by atoms with van der Waals surface area (Å²) in [6.45, 7) is 32.2. The second-order valence-electron chi connectivity index (χ2n) is 13.3. The van der Waals surface area contributed by atoms with Gasteiger partial charge in [0.1, 0.15) is 0 Å². The van der Waals surface area contributed by atoms with Crippen LogP contribution in [0.3, 0.4) is 0 Å². The van der Waals surface area contributed by atoms with Crippen molar-refractivity contribution >= 4 is 26.7 Å². The molecule has 208 valence electrons. The van der Waals surface area contributed by atoms with Crippen LogP contribution in [0.15, 0.2) is 41.8 Å². The largest absolute Gasteiger partial charge is 0.415 e. The molecule has 0 unspecified atom stereocenters. The lowest BCUT2D eigenvalue weighted by Gasteiger charge is -2.40. The van der Waals surface area contributed by atoms with Crippen LogP contribution in [0, 0.1) is 0 Å². The fourth-order valence-corrected chi connectivity index (χ4v) is 7.81. The molecule has 0 radical (unpaired) electrons. The van der Waals surface area contributed by atoms with Crippen LogP contribution < -0.4 is 0 Å². The molecule has 0 aromatic heterocycles. The minimum atomic E-state index is -3.74. The van der Waals surface area contributed by atoms with Gasteiger partial charge in [0.15, 0.2) is 16.6 Å². The molecule has 8 heteroatoms. The molecule has 0 spiro atoms. The van der Waals surface area contributed by atoms with Gasteiger partial charge in [-0.15, -0.1) is 6.58 Å². The summed E-state index contributed by atoms with van der Waals surface area (Å²) in [5, 5.41) is 0.154. The smallest absolute Gasteiger partial charge is 0.243 e. The average molecular weight is 556 g/mol. The Hall–Kier alpha value is -0.776. The van der Waals surface area contributed by atoms with Crippen molar-refractivity contribution in [3.05, 3.63) is 42.5 Å². The van der Waals surface area contributed by atoms with Crippen molar-refractivity contribution in [1.82, 2.24) is 4.31 Å². The maximum atomic E-state index is 13.9. The Morgan fingerprint density at radius 2 is 1.39 bits per heavy atom. The van der Waals surface area contributed by atoms with E-state index in [4.69, 9.17) is 8.85 Å². The summed E-state index contributed by atoms with van der Waals surface area (Å²) in [5.74, 6) is 0. The molecule has 0 aliphatic heterocycles. The monoisotopic (exact) mass is 555 g/mol. The molecule has 0 aliphatic carbocycles. The molecule has 1 rings (SSSR count). The van der Waals surface area contributed by atoms with Crippen molar-refractivity contribution in [3.8, 4) is 0 Å². The lowest BCUT2D eigenvalue weighted by Crippen LogP contribution is -2.50. The van der Waals surface area contributed by atoms with Crippen molar-refractivity contribution in [2.24, 2.45) is 0 Å². The molecular weight excluding hydrogens is 503 g/mol. The summed E-state index contributed by atoms with van der Waals surface area (Å²) in [5.41, 5.74) is 0.985. The van der Waals surface area contributed by atoms with Gasteiger partial charge in [0.05, 0.1) is 23.6 Å². The number of hydrogen-bond acceptors (Lipinski definition) is 4. The lowest BCUT2D eigenvalue weighted by atomic mass is 10.1.